The lowest BCUT2D eigenvalue weighted by Gasteiger charge is -1.99. The van der Waals surface area contributed by atoms with Gasteiger partial charge in [0.2, 0.25) is 0 Å². The number of hydrogen-bond acceptors (Lipinski definition) is 4. The van der Waals surface area contributed by atoms with E-state index in [0.717, 1.165) is 0 Å². The zero-order valence-electron chi connectivity index (χ0n) is 9.69. The summed E-state index contributed by atoms with van der Waals surface area (Å²) in [6.45, 7) is 5.40. The number of ether oxygens (including phenoxy) is 1. The molecular weight excluding hydrogens is 200 g/mol. The van der Waals surface area contributed by atoms with Crippen LogP contribution in [-0.4, -0.2) is 35.4 Å². The first kappa shape index (κ1) is 16.3. The van der Waals surface area contributed by atoms with Crippen molar-refractivity contribution >= 4 is 11.9 Å². The Kier molecular flexibility index (Phi) is 10.3. The summed E-state index contributed by atoms with van der Waals surface area (Å²) in [6.07, 6.45) is -0.367. The van der Waals surface area contributed by atoms with Gasteiger partial charge in [-0.2, -0.15) is 0 Å². The van der Waals surface area contributed by atoms with Gasteiger partial charge in [-0.3, -0.25) is 9.59 Å². The number of rotatable bonds is 4. The van der Waals surface area contributed by atoms with Crippen molar-refractivity contribution in [2.45, 2.75) is 39.7 Å². The summed E-state index contributed by atoms with van der Waals surface area (Å²) in [4.78, 5) is 20.0. The van der Waals surface area contributed by atoms with Crippen molar-refractivity contribution in [3.05, 3.63) is 0 Å². The van der Waals surface area contributed by atoms with Gasteiger partial charge in [0.25, 0.3) is 0 Å². The molecule has 0 amide bonds. The van der Waals surface area contributed by atoms with E-state index in [4.69, 9.17) is 10.2 Å². The molecule has 0 fully saturated rings. The van der Waals surface area contributed by atoms with Crippen LogP contribution in [-0.2, 0) is 14.3 Å². The third kappa shape index (κ3) is 19.3. The predicted molar refractivity (Wildman–Crippen MR) is 55.4 cm³/mol. The molecule has 0 spiro atoms. The van der Waals surface area contributed by atoms with Gasteiger partial charge in [0.1, 0.15) is 0 Å². The molecule has 2 N–H and O–H groups in total. The molecule has 0 heterocycles. The Labute approximate surface area is 90.1 Å². The van der Waals surface area contributed by atoms with Gasteiger partial charge in [0.15, 0.2) is 0 Å². The van der Waals surface area contributed by atoms with Crippen LogP contribution < -0.4 is 0 Å². The van der Waals surface area contributed by atoms with Crippen LogP contribution >= 0.6 is 0 Å². The summed E-state index contributed by atoms with van der Waals surface area (Å²) in [5.41, 5.74) is 0. The maximum absolute atomic E-state index is 10.4. The first-order valence-electron chi connectivity index (χ1n) is 4.76. The number of methoxy groups -OCH3 is 1. The highest BCUT2D eigenvalue weighted by molar-refractivity contribution is 5.69. The summed E-state index contributed by atoms with van der Waals surface area (Å²) in [5, 5.41) is 16.3. The zero-order chi connectivity index (χ0) is 12.4. The number of aliphatic carboxylic acids is 1. The monoisotopic (exact) mass is 220 g/mol. The van der Waals surface area contributed by atoms with Gasteiger partial charge in [-0.25, -0.2) is 0 Å². The highest BCUT2D eigenvalue weighted by atomic mass is 16.5. The Bertz CT molecular complexity index is 186. The average molecular weight is 220 g/mol. The first-order chi connectivity index (χ1) is 6.79. The molecule has 0 aromatic heterocycles. The third-order valence-corrected chi connectivity index (χ3v) is 1.27. The lowest BCUT2D eigenvalue weighted by Crippen LogP contribution is -2.07. The lowest BCUT2D eigenvalue weighted by molar-refractivity contribution is -0.141. The van der Waals surface area contributed by atoms with Crippen LogP contribution in [0, 0.1) is 5.92 Å². The molecule has 0 aromatic carbocycles. The molecule has 0 rings (SSSR count). The fourth-order valence-electron chi connectivity index (χ4n) is 0.669. The molecule has 0 aliphatic carbocycles. The minimum atomic E-state index is -0.963. The number of carboxylic acids is 1. The maximum Gasteiger partial charge on any atom is 0.305 e. The summed E-state index contributed by atoms with van der Waals surface area (Å²) in [7, 11) is 1.41. The molecule has 15 heavy (non-hydrogen) atoms. The summed E-state index contributed by atoms with van der Waals surface area (Å²) in [6, 6.07) is 0. The van der Waals surface area contributed by atoms with E-state index in [9.17, 15) is 9.59 Å². The Hall–Kier alpha value is -1.10. The molecule has 1 atom stereocenters. The van der Waals surface area contributed by atoms with Crippen LogP contribution in [0.25, 0.3) is 0 Å². The molecule has 0 saturated heterocycles. The van der Waals surface area contributed by atoms with Crippen LogP contribution in [0.1, 0.15) is 33.6 Å². The van der Waals surface area contributed by atoms with E-state index in [1.54, 1.807) is 0 Å². The van der Waals surface area contributed by atoms with Gasteiger partial charge in [0.05, 0.1) is 19.6 Å². The van der Waals surface area contributed by atoms with E-state index in [2.05, 4.69) is 4.74 Å². The second kappa shape index (κ2) is 9.45. The van der Waals surface area contributed by atoms with E-state index in [0.29, 0.717) is 12.3 Å². The second-order valence-electron chi connectivity index (χ2n) is 3.62. The Morgan fingerprint density at radius 3 is 1.73 bits per heavy atom. The Morgan fingerprint density at radius 1 is 1.20 bits per heavy atom. The number of aliphatic hydroxyl groups excluding tert-OH is 1. The number of carbonyl (C=O) groups excluding carboxylic acids is 1. The smallest absolute Gasteiger partial charge is 0.305 e. The fourth-order valence-corrected chi connectivity index (χ4v) is 0.669. The molecule has 0 radical (unpaired) electrons. The molecular formula is C10H20O5. The summed E-state index contributed by atoms with van der Waals surface area (Å²) < 4.78 is 4.42. The molecule has 5 heteroatoms. The summed E-state index contributed by atoms with van der Waals surface area (Å²) in [5.74, 6) is -0.683. The van der Waals surface area contributed by atoms with Gasteiger partial charge in [-0.1, -0.05) is 13.8 Å². The van der Waals surface area contributed by atoms with E-state index in [1.165, 1.54) is 14.0 Å². The Morgan fingerprint density at radius 2 is 1.67 bits per heavy atom. The van der Waals surface area contributed by atoms with Crippen LogP contribution in [0.15, 0.2) is 0 Å². The van der Waals surface area contributed by atoms with Gasteiger partial charge in [-0.05, 0) is 12.8 Å². The van der Waals surface area contributed by atoms with Crippen molar-refractivity contribution in [3.63, 3.8) is 0 Å². The zero-order valence-corrected chi connectivity index (χ0v) is 9.69. The van der Waals surface area contributed by atoms with Crippen LogP contribution in [0.2, 0.25) is 0 Å². The highest BCUT2D eigenvalue weighted by Gasteiger charge is 2.01. The minimum Gasteiger partial charge on any atom is -0.481 e. The SMILES string of the molecule is CC(O)CC(=O)O.COC(=O)CC(C)C. The van der Waals surface area contributed by atoms with Crippen molar-refractivity contribution in [3.8, 4) is 0 Å². The van der Waals surface area contributed by atoms with Crippen molar-refractivity contribution in [2.75, 3.05) is 7.11 Å². The normalized spacial score (nSPS) is 11.3. The van der Waals surface area contributed by atoms with Gasteiger partial charge >= 0.3 is 11.9 Å². The van der Waals surface area contributed by atoms with E-state index >= 15 is 0 Å². The number of carbonyl (C=O) groups is 2. The van der Waals surface area contributed by atoms with Gasteiger partial charge < -0.3 is 14.9 Å². The lowest BCUT2D eigenvalue weighted by atomic mass is 10.1. The number of aliphatic hydroxyl groups is 1. The molecule has 1 unspecified atom stereocenters. The van der Waals surface area contributed by atoms with Gasteiger partial charge in [0, 0.05) is 6.42 Å². The van der Waals surface area contributed by atoms with Crippen LogP contribution in [0.3, 0.4) is 0 Å². The van der Waals surface area contributed by atoms with Crippen molar-refractivity contribution < 1.29 is 24.5 Å². The minimum absolute atomic E-state index is 0.125. The van der Waals surface area contributed by atoms with E-state index in [1.807, 2.05) is 13.8 Å². The predicted octanol–water partition coefficient (Wildman–Crippen LogP) is 1.05. The second-order valence-corrected chi connectivity index (χ2v) is 3.62. The molecule has 0 saturated carbocycles. The number of esters is 1. The summed E-state index contributed by atoms with van der Waals surface area (Å²) >= 11 is 0. The Balaban J connectivity index is 0. The highest BCUT2D eigenvalue weighted by Crippen LogP contribution is 1.98. The quantitative estimate of drug-likeness (QED) is 0.692. The standard InChI is InChI=1S/C6H12O2.C4H8O3/c1-5(2)4-6(7)8-3;1-3(5)2-4(6)7/h5H,4H2,1-3H3;3,5H,2H2,1H3,(H,6,7). The van der Waals surface area contributed by atoms with Gasteiger partial charge in [-0.15, -0.1) is 0 Å². The first-order valence-corrected chi connectivity index (χ1v) is 4.76. The van der Waals surface area contributed by atoms with Crippen LogP contribution in [0.4, 0.5) is 0 Å². The molecule has 0 aliphatic heterocycles. The molecule has 0 bridgehead atoms. The van der Waals surface area contributed by atoms with E-state index in [-0.39, 0.29) is 12.4 Å². The number of carboxylic acid groups (broad SMARTS) is 1. The topological polar surface area (TPSA) is 83.8 Å². The molecule has 5 nitrogen and oxygen atoms in total. The van der Waals surface area contributed by atoms with Crippen molar-refractivity contribution in [1.29, 1.82) is 0 Å². The largest absolute Gasteiger partial charge is 0.481 e. The average Bonchev–Trinajstić information content (AvgIpc) is 2.01. The third-order valence-electron chi connectivity index (χ3n) is 1.27. The molecule has 0 aromatic rings. The number of hydrogen-bond donors (Lipinski definition) is 2. The van der Waals surface area contributed by atoms with Crippen molar-refractivity contribution in [1.82, 2.24) is 0 Å². The van der Waals surface area contributed by atoms with Crippen molar-refractivity contribution in [2.24, 2.45) is 5.92 Å². The fraction of sp³-hybridized carbons (Fsp3) is 0.800. The molecule has 90 valence electrons. The molecule has 0 aliphatic rings. The van der Waals surface area contributed by atoms with Crippen LogP contribution in [0.5, 0.6) is 0 Å². The van der Waals surface area contributed by atoms with E-state index < -0.39 is 12.1 Å². The maximum atomic E-state index is 10.4.